The van der Waals surface area contributed by atoms with E-state index in [9.17, 15) is 29.1 Å². The third kappa shape index (κ3) is 12.6. The summed E-state index contributed by atoms with van der Waals surface area (Å²) in [6.07, 6.45) is 3.27. The number of thioether (sulfide) groups is 1. The van der Waals surface area contributed by atoms with Crippen molar-refractivity contribution in [2.45, 2.75) is 62.7 Å². The fourth-order valence-corrected chi connectivity index (χ4v) is 3.90. The Labute approximate surface area is 220 Å². The lowest BCUT2D eigenvalue weighted by Crippen LogP contribution is -2.58. The molecular weight excluding hydrogens is 500 g/mol. The van der Waals surface area contributed by atoms with Gasteiger partial charge >= 0.3 is 5.97 Å². The Bertz CT molecular complexity index is 903. The summed E-state index contributed by atoms with van der Waals surface area (Å²) in [6.45, 7) is 0.477. The van der Waals surface area contributed by atoms with Crippen molar-refractivity contribution < 1.29 is 29.1 Å². The first-order valence-corrected chi connectivity index (χ1v) is 13.4. The number of hydrogen-bond donors (Lipinski definition) is 7. The Morgan fingerprint density at radius 1 is 0.892 bits per heavy atom. The molecule has 0 aromatic heterocycles. The normalized spacial score (nSPS) is 14.0. The lowest BCUT2D eigenvalue weighted by atomic mass is 10.0. The van der Waals surface area contributed by atoms with Gasteiger partial charge < -0.3 is 38.3 Å². The predicted octanol–water partition coefficient (Wildman–Crippen LogP) is -1.15. The molecule has 12 nitrogen and oxygen atoms in total. The molecule has 4 amide bonds. The van der Waals surface area contributed by atoms with E-state index in [2.05, 4.69) is 16.0 Å². The van der Waals surface area contributed by atoms with Gasteiger partial charge in [0, 0.05) is 6.42 Å². The molecular formula is C24H38N6O6S. The van der Waals surface area contributed by atoms with Crippen molar-refractivity contribution in [1.82, 2.24) is 16.0 Å². The molecule has 1 rings (SSSR count). The lowest BCUT2D eigenvalue weighted by Gasteiger charge is -2.24. The van der Waals surface area contributed by atoms with Crippen LogP contribution >= 0.6 is 11.8 Å². The first kappa shape index (κ1) is 31.9. The fraction of sp³-hybridized carbons (Fsp3) is 0.542. The van der Waals surface area contributed by atoms with E-state index in [0.717, 1.165) is 0 Å². The first-order chi connectivity index (χ1) is 17.6. The maximum absolute atomic E-state index is 13.0. The SMILES string of the molecule is CSCCC(NC(=O)C(N)CCCCN)C(=O)NC(CC(N)=O)C(=O)NC(Cc1ccccc1)C(=O)O. The van der Waals surface area contributed by atoms with Crippen molar-refractivity contribution in [2.75, 3.05) is 18.6 Å². The summed E-state index contributed by atoms with van der Waals surface area (Å²) in [6, 6.07) is 4.07. The van der Waals surface area contributed by atoms with E-state index in [-0.39, 0.29) is 12.8 Å². The third-order valence-corrected chi connectivity index (χ3v) is 6.13. The topological polar surface area (TPSA) is 220 Å². The highest BCUT2D eigenvalue weighted by atomic mass is 32.2. The number of carboxylic acids is 1. The van der Waals surface area contributed by atoms with Crippen molar-refractivity contribution in [3.8, 4) is 0 Å². The molecule has 1 aromatic carbocycles. The van der Waals surface area contributed by atoms with Crippen LogP contribution in [-0.2, 0) is 30.4 Å². The molecule has 0 aliphatic carbocycles. The van der Waals surface area contributed by atoms with Gasteiger partial charge in [0.2, 0.25) is 23.6 Å². The first-order valence-electron chi connectivity index (χ1n) is 12.0. The second-order valence-corrected chi connectivity index (χ2v) is 9.54. The van der Waals surface area contributed by atoms with Gasteiger partial charge in [-0.25, -0.2) is 4.79 Å². The van der Waals surface area contributed by atoms with Gasteiger partial charge in [0.05, 0.1) is 12.5 Å². The minimum absolute atomic E-state index is 0.00635. The summed E-state index contributed by atoms with van der Waals surface area (Å²) in [5, 5.41) is 17.0. The van der Waals surface area contributed by atoms with Crippen molar-refractivity contribution in [3.63, 3.8) is 0 Å². The maximum Gasteiger partial charge on any atom is 0.326 e. The number of rotatable bonds is 18. The van der Waals surface area contributed by atoms with Crippen LogP contribution in [0.1, 0.15) is 37.7 Å². The zero-order chi connectivity index (χ0) is 27.8. The van der Waals surface area contributed by atoms with E-state index in [1.54, 1.807) is 30.3 Å². The average molecular weight is 539 g/mol. The Morgan fingerprint density at radius 3 is 2.05 bits per heavy atom. The second-order valence-electron chi connectivity index (χ2n) is 8.55. The molecule has 0 aliphatic rings. The number of aliphatic carboxylic acids is 1. The number of benzene rings is 1. The number of carboxylic acid groups (broad SMARTS) is 1. The van der Waals surface area contributed by atoms with E-state index >= 15 is 0 Å². The highest BCUT2D eigenvalue weighted by molar-refractivity contribution is 7.98. The van der Waals surface area contributed by atoms with Gasteiger partial charge in [0.1, 0.15) is 18.1 Å². The molecule has 1 aromatic rings. The van der Waals surface area contributed by atoms with Crippen molar-refractivity contribution in [3.05, 3.63) is 35.9 Å². The second kappa shape index (κ2) is 17.3. The quantitative estimate of drug-likeness (QED) is 0.112. The molecule has 206 valence electrons. The van der Waals surface area contributed by atoms with Crippen LogP contribution in [0.4, 0.5) is 0 Å². The van der Waals surface area contributed by atoms with Crippen molar-refractivity contribution in [2.24, 2.45) is 17.2 Å². The summed E-state index contributed by atoms with van der Waals surface area (Å²) in [4.78, 5) is 61.8. The lowest BCUT2D eigenvalue weighted by molar-refractivity contribution is -0.142. The Hall–Kier alpha value is -3.16. The van der Waals surface area contributed by atoms with Crippen LogP contribution in [-0.4, -0.2) is 77.4 Å². The maximum atomic E-state index is 13.0. The molecule has 0 saturated carbocycles. The van der Waals surface area contributed by atoms with Gasteiger partial charge in [-0.15, -0.1) is 0 Å². The van der Waals surface area contributed by atoms with Crippen LogP contribution in [0.3, 0.4) is 0 Å². The van der Waals surface area contributed by atoms with Crippen molar-refractivity contribution in [1.29, 1.82) is 0 Å². The molecule has 0 saturated heterocycles. The minimum atomic E-state index is -1.44. The van der Waals surface area contributed by atoms with E-state index in [1.165, 1.54) is 11.8 Å². The molecule has 0 fully saturated rings. The number of unbranched alkanes of at least 4 members (excludes halogenated alkanes) is 1. The number of amides is 4. The van der Waals surface area contributed by atoms with Gasteiger partial charge in [0.15, 0.2) is 0 Å². The number of hydrogen-bond acceptors (Lipinski definition) is 8. The molecule has 0 heterocycles. The average Bonchev–Trinajstić information content (AvgIpc) is 2.85. The van der Waals surface area contributed by atoms with Gasteiger partial charge in [-0.05, 0) is 43.4 Å². The molecule has 0 aliphatic heterocycles. The monoisotopic (exact) mass is 538 g/mol. The van der Waals surface area contributed by atoms with Crippen LogP contribution < -0.4 is 33.2 Å². The van der Waals surface area contributed by atoms with Crippen LogP contribution in [0.25, 0.3) is 0 Å². The zero-order valence-electron chi connectivity index (χ0n) is 21.0. The molecule has 0 bridgehead atoms. The van der Waals surface area contributed by atoms with E-state index < -0.39 is 60.2 Å². The molecule has 0 spiro atoms. The van der Waals surface area contributed by atoms with Gasteiger partial charge in [-0.1, -0.05) is 36.8 Å². The van der Waals surface area contributed by atoms with Crippen LogP contribution in [0.5, 0.6) is 0 Å². The molecule has 4 unspecified atom stereocenters. The zero-order valence-corrected chi connectivity index (χ0v) is 21.8. The Kier molecular flexibility index (Phi) is 14.9. The van der Waals surface area contributed by atoms with E-state index in [4.69, 9.17) is 17.2 Å². The third-order valence-electron chi connectivity index (χ3n) is 5.49. The predicted molar refractivity (Wildman–Crippen MR) is 141 cm³/mol. The summed E-state index contributed by atoms with van der Waals surface area (Å²) < 4.78 is 0. The van der Waals surface area contributed by atoms with Crippen LogP contribution in [0, 0.1) is 0 Å². The molecule has 10 N–H and O–H groups in total. The van der Waals surface area contributed by atoms with Crippen LogP contribution in [0.15, 0.2) is 30.3 Å². The highest BCUT2D eigenvalue weighted by Gasteiger charge is 2.31. The standard InChI is InChI=1S/C24H38N6O6S/c1-37-12-10-17(28-21(32)16(26)9-5-6-11-25)22(33)29-18(14-20(27)31)23(34)30-19(24(35)36)13-15-7-3-2-4-8-15/h2-4,7-8,16-19H,5-6,9-14,25-26H2,1H3,(H2,27,31)(H,28,32)(H,29,33)(H,30,34)(H,35,36). The number of nitrogens with two attached hydrogens (primary N) is 3. The van der Waals surface area contributed by atoms with Gasteiger partial charge in [-0.2, -0.15) is 11.8 Å². The van der Waals surface area contributed by atoms with Crippen LogP contribution in [0.2, 0.25) is 0 Å². The van der Waals surface area contributed by atoms with E-state index in [1.807, 2.05) is 6.26 Å². The minimum Gasteiger partial charge on any atom is -0.480 e. The Balaban J connectivity index is 2.94. The summed E-state index contributed by atoms with van der Waals surface area (Å²) in [5.41, 5.74) is 17.3. The van der Waals surface area contributed by atoms with Gasteiger partial charge in [0.25, 0.3) is 0 Å². The summed E-state index contributed by atoms with van der Waals surface area (Å²) >= 11 is 1.45. The number of nitrogens with one attached hydrogen (secondary N) is 3. The summed E-state index contributed by atoms with van der Waals surface area (Å²) in [7, 11) is 0. The number of carbonyl (C=O) groups is 5. The molecule has 37 heavy (non-hydrogen) atoms. The summed E-state index contributed by atoms with van der Waals surface area (Å²) in [5.74, 6) is -3.76. The number of primary amides is 1. The Morgan fingerprint density at radius 2 is 1.49 bits per heavy atom. The molecule has 4 atom stereocenters. The largest absolute Gasteiger partial charge is 0.480 e. The van der Waals surface area contributed by atoms with Crippen molar-refractivity contribution >= 4 is 41.4 Å². The van der Waals surface area contributed by atoms with Gasteiger partial charge in [-0.3, -0.25) is 19.2 Å². The molecule has 13 heteroatoms. The van der Waals surface area contributed by atoms with E-state index in [0.29, 0.717) is 37.1 Å². The smallest absolute Gasteiger partial charge is 0.326 e. The number of carbonyl (C=O) groups excluding carboxylic acids is 4. The molecule has 0 radical (unpaired) electrons. The fourth-order valence-electron chi connectivity index (χ4n) is 3.43. The highest BCUT2D eigenvalue weighted by Crippen LogP contribution is 2.07.